The topological polar surface area (TPSA) is 99.5 Å². The second-order valence-corrected chi connectivity index (χ2v) is 12.6. The summed E-state index contributed by atoms with van der Waals surface area (Å²) in [7, 11) is -3.75. The van der Waals surface area contributed by atoms with E-state index in [-0.39, 0.29) is 29.4 Å². The van der Waals surface area contributed by atoms with E-state index in [4.69, 9.17) is 14.0 Å². The summed E-state index contributed by atoms with van der Waals surface area (Å²) in [5.74, 6) is 0.117. The first-order valence-electron chi connectivity index (χ1n) is 12.6. The van der Waals surface area contributed by atoms with Crippen LogP contribution < -0.4 is 5.32 Å². The van der Waals surface area contributed by atoms with Gasteiger partial charge in [0.05, 0.1) is 28.1 Å². The minimum Gasteiger partial charge on any atom is -0.381 e. The lowest BCUT2D eigenvalue weighted by atomic mass is 9.86. The third-order valence-electron chi connectivity index (χ3n) is 7.28. The summed E-state index contributed by atoms with van der Waals surface area (Å²) in [6.45, 7) is 5.58. The third-order valence-corrected chi connectivity index (χ3v) is 9.70. The molecule has 5 rings (SSSR count). The monoisotopic (exact) mass is 531 g/mol. The van der Waals surface area contributed by atoms with Crippen molar-refractivity contribution in [2.75, 3.05) is 19.8 Å². The van der Waals surface area contributed by atoms with Gasteiger partial charge in [-0.2, -0.15) is 13.5 Å². The molecule has 2 fully saturated rings. The van der Waals surface area contributed by atoms with Crippen LogP contribution in [0.1, 0.15) is 65.5 Å². The number of ether oxygens (including phenoxy) is 1. The molecule has 3 heterocycles. The Morgan fingerprint density at radius 2 is 1.81 bits per heavy atom. The summed E-state index contributed by atoms with van der Waals surface area (Å²) in [5, 5.41) is 8.98. The molecule has 36 heavy (non-hydrogen) atoms. The number of rotatable bonds is 7. The van der Waals surface area contributed by atoms with E-state index in [9.17, 15) is 13.2 Å². The number of nitrogens with one attached hydrogen (secondary N) is 1. The lowest BCUT2D eigenvalue weighted by Crippen LogP contribution is -2.38. The van der Waals surface area contributed by atoms with E-state index in [2.05, 4.69) is 10.00 Å². The van der Waals surface area contributed by atoms with Crippen molar-refractivity contribution in [2.24, 2.45) is 5.92 Å². The Kier molecular flexibility index (Phi) is 7.48. The lowest BCUT2D eigenvalue weighted by Gasteiger charge is -2.28. The molecule has 3 aromatic rings. The predicted octanol–water partition coefficient (Wildman–Crippen LogP) is 4.76. The number of carbonyl (C=O) groups is 1. The van der Waals surface area contributed by atoms with Crippen LogP contribution in [0.4, 0.5) is 0 Å². The average molecular weight is 532 g/mol. The van der Waals surface area contributed by atoms with Gasteiger partial charge in [-0.15, -0.1) is 11.3 Å². The fourth-order valence-corrected chi connectivity index (χ4v) is 7.16. The number of fused-ring (bicyclic) bond motifs is 1. The van der Waals surface area contributed by atoms with Crippen molar-refractivity contribution < 1.29 is 22.1 Å². The largest absolute Gasteiger partial charge is 0.381 e. The summed E-state index contributed by atoms with van der Waals surface area (Å²) in [4.78, 5) is 15.0. The van der Waals surface area contributed by atoms with Gasteiger partial charge in [-0.05, 0) is 76.5 Å². The van der Waals surface area contributed by atoms with Gasteiger partial charge in [0.2, 0.25) is 0 Å². The van der Waals surface area contributed by atoms with Crippen LogP contribution in [0, 0.1) is 19.8 Å². The van der Waals surface area contributed by atoms with Crippen LogP contribution >= 0.6 is 11.3 Å². The molecule has 0 atom stereocenters. The normalized spacial score (nSPS) is 21.6. The van der Waals surface area contributed by atoms with Crippen LogP contribution in [-0.2, 0) is 19.0 Å². The Morgan fingerprint density at radius 1 is 1.11 bits per heavy atom. The fourth-order valence-electron chi connectivity index (χ4n) is 5.05. The number of amides is 1. The Balaban J connectivity index is 1.14. The Hall–Kier alpha value is -2.27. The van der Waals surface area contributed by atoms with Gasteiger partial charge in [0.1, 0.15) is 4.83 Å². The second-order valence-electron chi connectivity index (χ2n) is 9.95. The zero-order chi connectivity index (χ0) is 25.3. The molecule has 10 heteroatoms. The van der Waals surface area contributed by atoms with Gasteiger partial charge in [-0.3, -0.25) is 13.7 Å². The van der Waals surface area contributed by atoms with Crippen molar-refractivity contribution in [1.82, 2.24) is 15.1 Å². The molecular formula is C26H33N3O5S2. The van der Waals surface area contributed by atoms with Gasteiger partial charge in [0.15, 0.2) is 0 Å². The van der Waals surface area contributed by atoms with Gasteiger partial charge >= 0.3 is 0 Å². The van der Waals surface area contributed by atoms with Crippen molar-refractivity contribution in [3.8, 4) is 0 Å². The molecule has 2 aliphatic rings. The first-order chi connectivity index (χ1) is 17.3. The van der Waals surface area contributed by atoms with Crippen molar-refractivity contribution in [3.05, 3.63) is 46.5 Å². The number of aryl methyl sites for hydroxylation is 2. The van der Waals surface area contributed by atoms with Crippen molar-refractivity contribution in [1.29, 1.82) is 0 Å². The zero-order valence-electron chi connectivity index (χ0n) is 20.7. The van der Waals surface area contributed by atoms with E-state index in [0.717, 1.165) is 73.2 Å². The van der Waals surface area contributed by atoms with Gasteiger partial charge in [0, 0.05) is 24.6 Å². The highest BCUT2D eigenvalue weighted by atomic mass is 32.2. The molecule has 1 aliphatic heterocycles. The highest BCUT2D eigenvalue weighted by Crippen LogP contribution is 2.33. The number of nitrogens with zero attached hydrogens (tertiary/aromatic N) is 2. The van der Waals surface area contributed by atoms with E-state index in [1.165, 1.54) is 11.3 Å². The van der Waals surface area contributed by atoms with Gasteiger partial charge in [0.25, 0.3) is 16.0 Å². The van der Waals surface area contributed by atoms with Gasteiger partial charge < -0.3 is 10.1 Å². The molecule has 1 aromatic carbocycles. The highest BCUT2D eigenvalue weighted by molar-refractivity contribution is 7.86. The number of aromatic nitrogens is 2. The van der Waals surface area contributed by atoms with Gasteiger partial charge in [-0.25, -0.2) is 0 Å². The predicted molar refractivity (Wildman–Crippen MR) is 139 cm³/mol. The van der Waals surface area contributed by atoms with Crippen molar-refractivity contribution in [3.63, 3.8) is 0 Å². The molecule has 194 valence electrons. The maximum absolute atomic E-state index is 13.0. The first kappa shape index (κ1) is 25.4. The number of benzene rings is 1. The minimum absolute atomic E-state index is 0.0456. The smallest absolute Gasteiger partial charge is 0.296 e. The number of hydrogen-bond donors (Lipinski definition) is 1. The van der Waals surface area contributed by atoms with Crippen molar-refractivity contribution >= 4 is 37.6 Å². The molecule has 0 spiro atoms. The number of carbonyl (C=O) groups excluding carboxylic acids is 1. The maximum atomic E-state index is 13.0. The lowest BCUT2D eigenvalue weighted by molar-refractivity contribution is 0.0675. The van der Waals surface area contributed by atoms with Crippen molar-refractivity contribution in [2.45, 2.75) is 69.4 Å². The van der Waals surface area contributed by atoms with Crippen LogP contribution in [0.2, 0.25) is 0 Å². The SMILES string of the molecule is Cc1ccc(S(=O)(=O)OCC2CCC(NC(=O)c3cc4c(C)nn(C5CCOCC5)c4s3)CC2)cc1. The molecule has 0 unspecified atom stereocenters. The number of hydrogen-bond acceptors (Lipinski definition) is 7. The molecular weight excluding hydrogens is 498 g/mol. The molecule has 1 N–H and O–H groups in total. The van der Waals surface area contributed by atoms with Crippen LogP contribution in [0.15, 0.2) is 35.2 Å². The average Bonchev–Trinajstić information content (AvgIpc) is 3.45. The fraction of sp³-hybridized carbons (Fsp3) is 0.538. The number of thiophene rings is 1. The summed E-state index contributed by atoms with van der Waals surface area (Å²) in [6.07, 6.45) is 5.13. The molecule has 2 aromatic heterocycles. The quantitative estimate of drug-likeness (QED) is 0.441. The van der Waals surface area contributed by atoms with E-state index >= 15 is 0 Å². The van der Waals surface area contributed by atoms with E-state index < -0.39 is 10.1 Å². The van der Waals surface area contributed by atoms with Gasteiger partial charge in [-0.1, -0.05) is 17.7 Å². The van der Waals surface area contributed by atoms with Crippen LogP contribution in [-0.4, -0.2) is 50.0 Å². The molecule has 1 saturated carbocycles. The third kappa shape index (κ3) is 5.51. The van der Waals surface area contributed by atoms with E-state index in [1.807, 2.05) is 19.9 Å². The molecule has 1 amide bonds. The summed E-state index contributed by atoms with van der Waals surface area (Å²) in [5.41, 5.74) is 1.95. The summed E-state index contributed by atoms with van der Waals surface area (Å²) >= 11 is 1.51. The minimum atomic E-state index is -3.75. The van der Waals surface area contributed by atoms with Crippen LogP contribution in [0.5, 0.6) is 0 Å². The Labute approximate surface area is 216 Å². The summed E-state index contributed by atoms with van der Waals surface area (Å²) in [6, 6.07) is 9.05. The molecule has 8 nitrogen and oxygen atoms in total. The summed E-state index contributed by atoms with van der Waals surface area (Å²) < 4.78 is 37.9. The molecule has 0 radical (unpaired) electrons. The maximum Gasteiger partial charge on any atom is 0.296 e. The molecule has 1 aliphatic carbocycles. The second kappa shape index (κ2) is 10.6. The first-order valence-corrected chi connectivity index (χ1v) is 14.9. The molecule has 1 saturated heterocycles. The van der Waals surface area contributed by atoms with Crippen LogP contribution in [0.25, 0.3) is 10.2 Å². The Bertz CT molecular complexity index is 1320. The standard InChI is InChI=1S/C26H33N3O5S2/c1-17-3-9-22(10-4-17)36(31,32)34-16-19-5-7-20(8-6-19)27-25(30)24-15-23-18(2)28-29(26(23)35-24)21-11-13-33-14-12-21/h3-4,9-10,15,19-21H,5-8,11-14,16H2,1-2H3,(H,27,30). The van der Waals surface area contributed by atoms with Crippen LogP contribution in [0.3, 0.4) is 0 Å². The zero-order valence-corrected chi connectivity index (χ0v) is 22.4. The van der Waals surface area contributed by atoms with E-state index in [0.29, 0.717) is 10.9 Å². The highest BCUT2D eigenvalue weighted by Gasteiger charge is 2.27. The van der Waals surface area contributed by atoms with E-state index in [1.54, 1.807) is 24.3 Å². The molecule has 0 bridgehead atoms. The Morgan fingerprint density at radius 3 is 2.50 bits per heavy atom.